The molecule has 1 heterocycles. The van der Waals surface area contributed by atoms with Crippen LogP contribution in [0.25, 0.3) is 0 Å². The number of aliphatic carboxylic acids is 1. The van der Waals surface area contributed by atoms with Gasteiger partial charge in [-0.25, -0.2) is 4.79 Å². The smallest absolute Gasteiger partial charge is 0.326 e. The number of aryl methyl sites for hydroxylation is 1. The quantitative estimate of drug-likeness (QED) is 0.803. The molecule has 6 nitrogen and oxygen atoms in total. The largest absolute Gasteiger partial charge is 0.480 e. The van der Waals surface area contributed by atoms with Crippen molar-refractivity contribution in [3.8, 4) is 0 Å². The van der Waals surface area contributed by atoms with Crippen molar-refractivity contribution in [1.29, 1.82) is 0 Å². The van der Waals surface area contributed by atoms with E-state index < -0.39 is 24.0 Å². The van der Waals surface area contributed by atoms with Gasteiger partial charge in [0.25, 0.3) is 5.56 Å². The van der Waals surface area contributed by atoms with Crippen LogP contribution < -0.4 is 10.9 Å². The van der Waals surface area contributed by atoms with Crippen molar-refractivity contribution in [3.05, 3.63) is 34.2 Å². The van der Waals surface area contributed by atoms with Gasteiger partial charge in [0.15, 0.2) is 0 Å². The lowest BCUT2D eigenvalue weighted by molar-refractivity contribution is -0.143. The maximum Gasteiger partial charge on any atom is 0.326 e. The lowest BCUT2D eigenvalue weighted by Crippen LogP contribution is -2.48. The molecule has 1 rings (SSSR count). The van der Waals surface area contributed by atoms with Crippen LogP contribution in [0.15, 0.2) is 23.1 Å². The molecule has 0 aliphatic heterocycles. The molecule has 0 saturated heterocycles. The van der Waals surface area contributed by atoms with Crippen LogP contribution in [0.1, 0.15) is 45.2 Å². The Labute approximate surface area is 130 Å². The van der Waals surface area contributed by atoms with Crippen molar-refractivity contribution in [2.45, 2.75) is 52.6 Å². The first-order chi connectivity index (χ1) is 10.3. The molecule has 22 heavy (non-hydrogen) atoms. The molecule has 1 aromatic rings. The van der Waals surface area contributed by atoms with Gasteiger partial charge in [-0.2, -0.15) is 0 Å². The van der Waals surface area contributed by atoms with Gasteiger partial charge in [-0.1, -0.05) is 27.2 Å². The number of hydrogen-bond acceptors (Lipinski definition) is 3. The predicted molar refractivity (Wildman–Crippen MR) is 83.8 cm³/mol. The van der Waals surface area contributed by atoms with Crippen LogP contribution in [0, 0.1) is 12.8 Å². The van der Waals surface area contributed by atoms with Gasteiger partial charge in [0.2, 0.25) is 5.91 Å². The Hall–Kier alpha value is -2.11. The molecule has 122 valence electrons. The highest BCUT2D eigenvalue weighted by atomic mass is 16.4. The number of aromatic nitrogens is 1. The van der Waals surface area contributed by atoms with Gasteiger partial charge in [-0.3, -0.25) is 9.59 Å². The van der Waals surface area contributed by atoms with Crippen LogP contribution in [0.4, 0.5) is 0 Å². The average molecular weight is 308 g/mol. The first-order valence-electron chi connectivity index (χ1n) is 7.53. The second-order valence-electron chi connectivity index (χ2n) is 5.58. The third-order valence-corrected chi connectivity index (χ3v) is 3.91. The average Bonchev–Trinajstić information content (AvgIpc) is 2.46. The summed E-state index contributed by atoms with van der Waals surface area (Å²) in [5.74, 6) is -1.69. The molecule has 3 unspecified atom stereocenters. The standard InChI is InChI=1S/C16H24N2O4/c1-5-11(4)14(16(21)22)17-15(20)12(6-2)18-8-7-10(3)9-13(18)19/h7-9,11-12,14H,5-6H2,1-4H3,(H,17,20)(H,21,22). The Morgan fingerprint density at radius 3 is 2.41 bits per heavy atom. The maximum absolute atomic E-state index is 12.4. The molecule has 0 aliphatic rings. The van der Waals surface area contributed by atoms with Crippen LogP contribution in [0.2, 0.25) is 0 Å². The van der Waals surface area contributed by atoms with Crippen LogP contribution >= 0.6 is 0 Å². The van der Waals surface area contributed by atoms with Crippen molar-refractivity contribution >= 4 is 11.9 Å². The zero-order chi connectivity index (χ0) is 16.9. The van der Waals surface area contributed by atoms with E-state index in [9.17, 15) is 19.5 Å². The number of nitrogens with one attached hydrogen (secondary N) is 1. The zero-order valence-electron chi connectivity index (χ0n) is 13.5. The summed E-state index contributed by atoms with van der Waals surface area (Å²) in [6.45, 7) is 7.23. The first-order valence-corrected chi connectivity index (χ1v) is 7.53. The fraction of sp³-hybridized carbons (Fsp3) is 0.562. The number of pyridine rings is 1. The summed E-state index contributed by atoms with van der Waals surface area (Å²) in [6.07, 6.45) is 2.62. The fourth-order valence-electron chi connectivity index (χ4n) is 2.29. The van der Waals surface area contributed by atoms with Gasteiger partial charge >= 0.3 is 5.97 Å². The topological polar surface area (TPSA) is 88.4 Å². The Kier molecular flexibility index (Phi) is 6.34. The SMILES string of the molecule is CCC(C)C(NC(=O)C(CC)n1ccc(C)cc1=O)C(=O)O. The molecular formula is C16H24N2O4. The molecule has 0 fully saturated rings. The van der Waals surface area contributed by atoms with Crippen LogP contribution in [0.3, 0.4) is 0 Å². The van der Waals surface area contributed by atoms with E-state index in [0.717, 1.165) is 5.56 Å². The van der Waals surface area contributed by atoms with Gasteiger partial charge in [-0.05, 0) is 30.9 Å². The van der Waals surface area contributed by atoms with Gasteiger partial charge in [0.1, 0.15) is 12.1 Å². The minimum absolute atomic E-state index is 0.186. The second-order valence-corrected chi connectivity index (χ2v) is 5.58. The molecule has 1 amide bonds. The molecule has 0 aliphatic carbocycles. The summed E-state index contributed by atoms with van der Waals surface area (Å²) in [5.41, 5.74) is 0.553. The number of hydrogen-bond donors (Lipinski definition) is 2. The van der Waals surface area contributed by atoms with Gasteiger partial charge in [-0.15, -0.1) is 0 Å². The predicted octanol–water partition coefficient (Wildman–Crippen LogP) is 1.72. The van der Waals surface area contributed by atoms with Gasteiger partial charge < -0.3 is 15.0 Å². The van der Waals surface area contributed by atoms with E-state index in [2.05, 4.69) is 5.32 Å². The van der Waals surface area contributed by atoms with E-state index in [4.69, 9.17) is 0 Å². The van der Waals surface area contributed by atoms with Gasteiger partial charge in [0, 0.05) is 12.3 Å². The van der Waals surface area contributed by atoms with E-state index in [-0.39, 0.29) is 11.5 Å². The molecule has 0 radical (unpaired) electrons. The van der Waals surface area contributed by atoms with E-state index in [1.807, 2.05) is 6.92 Å². The molecular weight excluding hydrogens is 284 g/mol. The Morgan fingerprint density at radius 2 is 1.95 bits per heavy atom. The van der Waals surface area contributed by atoms with E-state index in [0.29, 0.717) is 12.8 Å². The number of carboxylic acids is 1. The number of amides is 1. The molecule has 0 spiro atoms. The third kappa shape index (κ3) is 4.19. The normalized spacial score (nSPS) is 14.9. The number of carboxylic acid groups (broad SMARTS) is 1. The monoisotopic (exact) mass is 308 g/mol. The summed E-state index contributed by atoms with van der Waals surface area (Å²) in [7, 11) is 0. The van der Waals surface area contributed by atoms with Gasteiger partial charge in [0.05, 0.1) is 0 Å². The molecule has 3 atom stereocenters. The minimum Gasteiger partial charge on any atom is -0.480 e. The highest BCUT2D eigenvalue weighted by Gasteiger charge is 2.29. The number of carbonyl (C=O) groups is 2. The number of rotatable bonds is 7. The first kappa shape index (κ1) is 17.9. The van der Waals surface area contributed by atoms with Crippen molar-refractivity contribution in [2.75, 3.05) is 0 Å². The highest BCUT2D eigenvalue weighted by Crippen LogP contribution is 2.13. The molecule has 0 aromatic carbocycles. The minimum atomic E-state index is -1.06. The van der Waals surface area contributed by atoms with Crippen LogP contribution in [-0.2, 0) is 9.59 Å². The van der Waals surface area contributed by atoms with Crippen LogP contribution in [0.5, 0.6) is 0 Å². The summed E-state index contributed by atoms with van der Waals surface area (Å²) in [5, 5.41) is 11.8. The maximum atomic E-state index is 12.4. The third-order valence-electron chi connectivity index (χ3n) is 3.91. The fourth-order valence-corrected chi connectivity index (χ4v) is 2.29. The zero-order valence-corrected chi connectivity index (χ0v) is 13.5. The summed E-state index contributed by atoms with van der Waals surface area (Å²) >= 11 is 0. The Balaban J connectivity index is 3.01. The Bertz CT molecular complexity index is 594. The van der Waals surface area contributed by atoms with E-state index in [1.165, 1.54) is 10.6 Å². The number of carbonyl (C=O) groups excluding carboxylic acids is 1. The molecule has 0 bridgehead atoms. The highest BCUT2D eigenvalue weighted by molar-refractivity contribution is 5.86. The lowest BCUT2D eigenvalue weighted by atomic mass is 9.98. The van der Waals surface area contributed by atoms with Crippen molar-refractivity contribution in [3.63, 3.8) is 0 Å². The van der Waals surface area contributed by atoms with Crippen molar-refractivity contribution in [1.82, 2.24) is 9.88 Å². The van der Waals surface area contributed by atoms with Crippen molar-refractivity contribution < 1.29 is 14.7 Å². The number of nitrogens with zero attached hydrogens (tertiary/aromatic N) is 1. The van der Waals surface area contributed by atoms with Crippen LogP contribution in [-0.4, -0.2) is 27.6 Å². The molecule has 2 N–H and O–H groups in total. The lowest BCUT2D eigenvalue weighted by Gasteiger charge is -2.24. The molecule has 0 saturated carbocycles. The molecule has 6 heteroatoms. The Morgan fingerprint density at radius 1 is 1.32 bits per heavy atom. The molecule has 1 aromatic heterocycles. The summed E-state index contributed by atoms with van der Waals surface area (Å²) < 4.78 is 1.35. The summed E-state index contributed by atoms with van der Waals surface area (Å²) in [6, 6.07) is 1.55. The summed E-state index contributed by atoms with van der Waals surface area (Å²) in [4.78, 5) is 35.7. The van der Waals surface area contributed by atoms with E-state index >= 15 is 0 Å². The van der Waals surface area contributed by atoms with Crippen molar-refractivity contribution in [2.24, 2.45) is 5.92 Å². The van der Waals surface area contributed by atoms with E-state index in [1.54, 1.807) is 33.0 Å². The second kappa shape index (κ2) is 7.77.